The molecule has 1 nitrogen and oxygen atoms in total. The fourth-order valence-corrected chi connectivity index (χ4v) is 2.28. The lowest BCUT2D eigenvalue weighted by Gasteiger charge is -2.48. The first-order chi connectivity index (χ1) is 4.27. The molecule has 2 bridgehead atoms. The second kappa shape index (κ2) is 1.72. The van der Waals surface area contributed by atoms with Crippen LogP contribution in [0.25, 0.3) is 0 Å². The molecule has 3 aliphatic carbocycles. The molecular weight excluding hydrogens is 112 g/mol. The van der Waals surface area contributed by atoms with E-state index in [0.717, 1.165) is 18.3 Å². The molecule has 52 valence electrons. The largest absolute Gasteiger partial charge is 0.393 e. The van der Waals surface area contributed by atoms with Crippen molar-refractivity contribution in [1.82, 2.24) is 0 Å². The van der Waals surface area contributed by atoms with E-state index >= 15 is 0 Å². The Balaban J connectivity index is 2.04. The van der Waals surface area contributed by atoms with Gasteiger partial charge in [-0.15, -0.1) is 0 Å². The van der Waals surface area contributed by atoms with Gasteiger partial charge in [0.2, 0.25) is 0 Å². The van der Waals surface area contributed by atoms with Crippen molar-refractivity contribution in [1.29, 1.82) is 0 Å². The molecule has 0 aliphatic heterocycles. The molecule has 1 N–H and O–H groups in total. The Hall–Kier alpha value is -0.0400. The van der Waals surface area contributed by atoms with Gasteiger partial charge in [-0.05, 0) is 37.0 Å². The third-order valence-electron chi connectivity index (χ3n) is 3.20. The van der Waals surface area contributed by atoms with E-state index in [1.54, 1.807) is 0 Å². The highest BCUT2D eigenvalue weighted by Crippen LogP contribution is 2.48. The second-order valence-corrected chi connectivity index (χ2v) is 3.76. The number of fused-ring (bicyclic) bond motifs is 2. The van der Waals surface area contributed by atoms with Gasteiger partial charge in [-0.2, -0.15) is 0 Å². The monoisotopic (exact) mass is 126 g/mol. The minimum Gasteiger partial charge on any atom is -0.393 e. The summed E-state index contributed by atoms with van der Waals surface area (Å²) < 4.78 is 0. The number of hydrogen-bond acceptors (Lipinski definition) is 1. The van der Waals surface area contributed by atoms with Crippen LogP contribution in [-0.2, 0) is 0 Å². The highest BCUT2D eigenvalue weighted by Gasteiger charge is 2.42. The van der Waals surface area contributed by atoms with E-state index in [1.165, 1.54) is 12.8 Å². The molecule has 3 rings (SSSR count). The van der Waals surface area contributed by atoms with Gasteiger partial charge in [-0.3, -0.25) is 0 Å². The van der Waals surface area contributed by atoms with Crippen LogP contribution in [0.4, 0.5) is 0 Å². The smallest absolute Gasteiger partial charge is 0.0571 e. The van der Waals surface area contributed by atoms with Gasteiger partial charge < -0.3 is 5.11 Å². The first-order valence-electron chi connectivity index (χ1n) is 3.95. The zero-order valence-corrected chi connectivity index (χ0v) is 5.88. The van der Waals surface area contributed by atoms with Gasteiger partial charge in [-0.1, -0.05) is 6.92 Å². The van der Waals surface area contributed by atoms with Crippen molar-refractivity contribution in [3.63, 3.8) is 0 Å². The summed E-state index contributed by atoms with van der Waals surface area (Å²) >= 11 is 0. The van der Waals surface area contributed by atoms with Gasteiger partial charge in [0.25, 0.3) is 0 Å². The van der Waals surface area contributed by atoms with Crippen LogP contribution in [0.5, 0.6) is 0 Å². The van der Waals surface area contributed by atoms with Gasteiger partial charge in [0.05, 0.1) is 6.10 Å². The molecule has 9 heavy (non-hydrogen) atoms. The van der Waals surface area contributed by atoms with Gasteiger partial charge in [0, 0.05) is 0 Å². The van der Waals surface area contributed by atoms with Crippen molar-refractivity contribution in [2.45, 2.75) is 32.3 Å². The minimum atomic E-state index is 0.0301. The highest BCUT2D eigenvalue weighted by molar-refractivity contribution is 4.92. The second-order valence-electron chi connectivity index (χ2n) is 3.76. The van der Waals surface area contributed by atoms with E-state index in [0.29, 0.717) is 5.92 Å². The zero-order chi connectivity index (χ0) is 6.43. The normalized spacial score (nSPS) is 56.7. The average molecular weight is 126 g/mol. The molecule has 0 aromatic rings. The topological polar surface area (TPSA) is 20.2 Å². The lowest BCUT2D eigenvalue weighted by molar-refractivity contribution is -0.0527. The fourth-order valence-electron chi connectivity index (χ4n) is 2.28. The molecule has 0 radical (unpaired) electrons. The molecule has 3 fully saturated rings. The Morgan fingerprint density at radius 1 is 1.22 bits per heavy atom. The molecule has 2 atom stereocenters. The number of rotatable bonds is 0. The minimum absolute atomic E-state index is 0.0301. The Kier molecular flexibility index (Phi) is 1.10. The molecule has 0 aromatic carbocycles. The van der Waals surface area contributed by atoms with E-state index in [2.05, 4.69) is 6.92 Å². The molecule has 1 heteroatoms. The number of aliphatic hydroxyl groups excluding tert-OH is 1. The maximum Gasteiger partial charge on any atom is 0.0571 e. The SMILES string of the molecule is C[C@H]1[C@H]2C[C@@H](C[C@@H]1O)C2. The van der Waals surface area contributed by atoms with Crippen molar-refractivity contribution in [3.8, 4) is 0 Å². The van der Waals surface area contributed by atoms with Crippen molar-refractivity contribution in [2.75, 3.05) is 0 Å². The van der Waals surface area contributed by atoms with Gasteiger partial charge >= 0.3 is 0 Å². The van der Waals surface area contributed by atoms with E-state index in [-0.39, 0.29) is 6.10 Å². The predicted molar refractivity (Wildman–Crippen MR) is 36.0 cm³/mol. The molecule has 0 heterocycles. The quantitative estimate of drug-likeness (QED) is 0.520. The van der Waals surface area contributed by atoms with Crippen LogP contribution in [0.2, 0.25) is 0 Å². The zero-order valence-electron chi connectivity index (χ0n) is 5.88. The van der Waals surface area contributed by atoms with Gasteiger partial charge in [0.15, 0.2) is 0 Å². The first kappa shape index (κ1) is 5.72. The van der Waals surface area contributed by atoms with Crippen molar-refractivity contribution < 1.29 is 5.11 Å². The summed E-state index contributed by atoms with van der Waals surface area (Å²) in [7, 11) is 0. The maximum atomic E-state index is 9.38. The molecule has 3 saturated carbocycles. The molecular formula is C8H14O. The van der Waals surface area contributed by atoms with Crippen LogP contribution >= 0.6 is 0 Å². The third kappa shape index (κ3) is 0.710. The Morgan fingerprint density at radius 3 is 2.22 bits per heavy atom. The third-order valence-corrected chi connectivity index (χ3v) is 3.20. The Morgan fingerprint density at radius 2 is 1.89 bits per heavy atom. The Bertz CT molecular complexity index is 114. The average Bonchev–Trinajstić information content (AvgIpc) is 1.72. The van der Waals surface area contributed by atoms with Crippen LogP contribution < -0.4 is 0 Å². The van der Waals surface area contributed by atoms with Crippen LogP contribution in [0.15, 0.2) is 0 Å². The molecule has 0 spiro atoms. The lowest BCUT2D eigenvalue weighted by Crippen LogP contribution is -2.43. The highest BCUT2D eigenvalue weighted by atomic mass is 16.3. The summed E-state index contributed by atoms with van der Waals surface area (Å²) in [6.07, 6.45) is 3.91. The summed E-state index contributed by atoms with van der Waals surface area (Å²) in [5.41, 5.74) is 0. The van der Waals surface area contributed by atoms with Crippen LogP contribution in [-0.4, -0.2) is 11.2 Å². The molecule has 3 aliphatic rings. The van der Waals surface area contributed by atoms with Crippen LogP contribution in [0, 0.1) is 17.8 Å². The van der Waals surface area contributed by atoms with E-state index in [9.17, 15) is 5.11 Å². The van der Waals surface area contributed by atoms with Crippen LogP contribution in [0.3, 0.4) is 0 Å². The first-order valence-corrected chi connectivity index (χ1v) is 3.95. The van der Waals surface area contributed by atoms with Crippen molar-refractivity contribution in [3.05, 3.63) is 0 Å². The lowest BCUT2D eigenvalue weighted by atomic mass is 9.59. The summed E-state index contributed by atoms with van der Waals surface area (Å²) in [6.45, 7) is 2.19. The molecule has 0 amide bonds. The van der Waals surface area contributed by atoms with E-state index in [4.69, 9.17) is 0 Å². The van der Waals surface area contributed by atoms with Gasteiger partial charge in [0.1, 0.15) is 0 Å². The van der Waals surface area contributed by atoms with Crippen molar-refractivity contribution in [2.24, 2.45) is 17.8 Å². The van der Waals surface area contributed by atoms with E-state index < -0.39 is 0 Å². The van der Waals surface area contributed by atoms with Gasteiger partial charge in [-0.25, -0.2) is 0 Å². The maximum absolute atomic E-state index is 9.38. The predicted octanol–water partition coefficient (Wildman–Crippen LogP) is 1.41. The summed E-state index contributed by atoms with van der Waals surface area (Å²) in [6, 6.07) is 0. The number of hydrogen-bond donors (Lipinski definition) is 1. The number of aliphatic hydroxyl groups is 1. The fraction of sp³-hybridized carbons (Fsp3) is 1.00. The van der Waals surface area contributed by atoms with Crippen LogP contribution in [0.1, 0.15) is 26.2 Å². The molecule has 0 saturated heterocycles. The summed E-state index contributed by atoms with van der Waals surface area (Å²) in [5.74, 6) is 2.36. The molecule has 0 unspecified atom stereocenters. The molecule has 0 aromatic heterocycles. The van der Waals surface area contributed by atoms with E-state index in [1.807, 2.05) is 0 Å². The summed E-state index contributed by atoms with van der Waals surface area (Å²) in [4.78, 5) is 0. The standard InChI is InChI=1S/C8H14O/c1-5-7-2-6(3-7)4-8(5)9/h5-9H,2-4H2,1H3/t5-,6-,7+,8-/m0/s1. The summed E-state index contributed by atoms with van der Waals surface area (Å²) in [5, 5.41) is 9.38. The van der Waals surface area contributed by atoms with Crippen molar-refractivity contribution >= 4 is 0 Å². The Labute approximate surface area is 56.1 Å².